The molecule has 2 aromatic heterocycles. The van der Waals surface area contributed by atoms with Gasteiger partial charge in [-0.1, -0.05) is 5.16 Å². The summed E-state index contributed by atoms with van der Waals surface area (Å²) in [6, 6.07) is 7.52. The van der Waals surface area contributed by atoms with Gasteiger partial charge in [0, 0.05) is 25.1 Å². The van der Waals surface area contributed by atoms with Gasteiger partial charge in [-0.15, -0.1) is 11.3 Å². The first-order valence-electron chi connectivity index (χ1n) is 9.24. The molecule has 7 nitrogen and oxygen atoms in total. The van der Waals surface area contributed by atoms with Crippen LogP contribution in [0.1, 0.15) is 32.6 Å². The number of nitrogens with zero attached hydrogens (tertiary/aromatic N) is 4. The first-order chi connectivity index (χ1) is 13.5. The van der Waals surface area contributed by atoms with Crippen molar-refractivity contribution in [2.24, 2.45) is 5.92 Å². The SMILES string of the molecule is COc1ccc(-c2nc(CC3CCN(C(=O)c4sc(C)nc4C)C3)no2)cc1. The van der Waals surface area contributed by atoms with Crippen molar-refractivity contribution < 1.29 is 14.1 Å². The molecule has 1 amide bonds. The van der Waals surface area contributed by atoms with E-state index in [1.807, 2.05) is 43.0 Å². The number of thiazole rings is 1. The van der Waals surface area contributed by atoms with E-state index in [1.54, 1.807) is 7.11 Å². The van der Waals surface area contributed by atoms with Crippen LogP contribution in [-0.2, 0) is 6.42 Å². The molecule has 1 aliphatic rings. The van der Waals surface area contributed by atoms with Gasteiger partial charge in [-0.2, -0.15) is 4.98 Å². The van der Waals surface area contributed by atoms with Crippen LogP contribution in [0.3, 0.4) is 0 Å². The van der Waals surface area contributed by atoms with E-state index in [0.29, 0.717) is 30.6 Å². The Bertz CT molecular complexity index is 980. The molecule has 1 fully saturated rings. The molecule has 146 valence electrons. The number of rotatable bonds is 5. The summed E-state index contributed by atoms with van der Waals surface area (Å²) >= 11 is 1.47. The third-order valence-corrected chi connectivity index (χ3v) is 6.01. The normalized spacial score (nSPS) is 16.5. The van der Waals surface area contributed by atoms with E-state index in [1.165, 1.54) is 11.3 Å². The molecule has 0 radical (unpaired) electrons. The van der Waals surface area contributed by atoms with Crippen molar-refractivity contribution in [2.75, 3.05) is 20.2 Å². The Kier molecular flexibility index (Phi) is 5.13. The summed E-state index contributed by atoms with van der Waals surface area (Å²) in [5.74, 6) is 2.37. The number of carbonyl (C=O) groups is 1. The lowest BCUT2D eigenvalue weighted by atomic mass is 10.1. The third-order valence-electron chi connectivity index (χ3n) is 4.95. The molecule has 3 aromatic rings. The van der Waals surface area contributed by atoms with E-state index < -0.39 is 0 Å². The number of benzene rings is 1. The number of aryl methyl sites for hydroxylation is 2. The molecule has 0 bridgehead atoms. The minimum Gasteiger partial charge on any atom is -0.497 e. The van der Waals surface area contributed by atoms with Crippen LogP contribution in [0, 0.1) is 19.8 Å². The lowest BCUT2D eigenvalue weighted by Gasteiger charge is -2.15. The minimum atomic E-state index is 0.0811. The number of likely N-dealkylation sites (tertiary alicyclic amines) is 1. The number of methoxy groups -OCH3 is 1. The van der Waals surface area contributed by atoms with Gasteiger partial charge in [-0.25, -0.2) is 4.98 Å². The van der Waals surface area contributed by atoms with Gasteiger partial charge in [0.1, 0.15) is 10.6 Å². The maximum atomic E-state index is 12.8. The van der Waals surface area contributed by atoms with E-state index in [0.717, 1.165) is 39.9 Å². The Labute approximate surface area is 167 Å². The highest BCUT2D eigenvalue weighted by molar-refractivity contribution is 7.13. The van der Waals surface area contributed by atoms with Crippen LogP contribution in [0.4, 0.5) is 0 Å². The Balaban J connectivity index is 1.38. The molecule has 28 heavy (non-hydrogen) atoms. The zero-order chi connectivity index (χ0) is 19.7. The Morgan fingerprint density at radius 1 is 1.29 bits per heavy atom. The van der Waals surface area contributed by atoms with Gasteiger partial charge in [-0.05, 0) is 50.5 Å². The fourth-order valence-corrected chi connectivity index (χ4v) is 4.39. The van der Waals surface area contributed by atoms with Crippen LogP contribution < -0.4 is 4.74 Å². The smallest absolute Gasteiger partial charge is 0.265 e. The predicted molar refractivity (Wildman–Crippen MR) is 106 cm³/mol. The van der Waals surface area contributed by atoms with E-state index in [-0.39, 0.29) is 5.91 Å². The topological polar surface area (TPSA) is 81.4 Å². The highest BCUT2D eigenvalue weighted by Gasteiger charge is 2.30. The molecule has 1 aromatic carbocycles. The monoisotopic (exact) mass is 398 g/mol. The van der Waals surface area contributed by atoms with Crippen molar-refractivity contribution in [3.8, 4) is 17.2 Å². The number of hydrogen-bond donors (Lipinski definition) is 0. The minimum absolute atomic E-state index is 0.0811. The van der Waals surface area contributed by atoms with Crippen molar-refractivity contribution in [3.63, 3.8) is 0 Å². The average molecular weight is 398 g/mol. The molecule has 0 spiro atoms. The van der Waals surface area contributed by atoms with Crippen molar-refractivity contribution in [2.45, 2.75) is 26.7 Å². The fraction of sp³-hybridized carbons (Fsp3) is 0.400. The molecule has 4 rings (SSSR count). The van der Waals surface area contributed by atoms with Crippen LogP contribution in [0.25, 0.3) is 11.5 Å². The van der Waals surface area contributed by atoms with Gasteiger partial charge < -0.3 is 14.2 Å². The molecule has 0 saturated carbocycles. The van der Waals surface area contributed by atoms with Crippen LogP contribution in [0.15, 0.2) is 28.8 Å². The maximum absolute atomic E-state index is 12.8. The summed E-state index contributed by atoms with van der Waals surface area (Å²) in [6.45, 7) is 5.28. The number of aromatic nitrogens is 3. The summed E-state index contributed by atoms with van der Waals surface area (Å²) in [4.78, 5) is 24.3. The van der Waals surface area contributed by atoms with E-state index in [2.05, 4.69) is 15.1 Å². The zero-order valence-electron chi connectivity index (χ0n) is 16.1. The summed E-state index contributed by atoms with van der Waals surface area (Å²) < 4.78 is 10.6. The number of carbonyl (C=O) groups excluding carboxylic acids is 1. The zero-order valence-corrected chi connectivity index (χ0v) is 17.0. The van der Waals surface area contributed by atoms with Crippen molar-refractivity contribution >= 4 is 17.2 Å². The van der Waals surface area contributed by atoms with Gasteiger partial charge >= 0.3 is 0 Å². The molecule has 1 atom stereocenters. The summed E-state index contributed by atoms with van der Waals surface area (Å²) in [7, 11) is 1.63. The Morgan fingerprint density at radius 2 is 2.07 bits per heavy atom. The summed E-state index contributed by atoms with van der Waals surface area (Å²) in [5, 5.41) is 5.04. The van der Waals surface area contributed by atoms with Gasteiger partial charge in [0.15, 0.2) is 5.82 Å². The van der Waals surface area contributed by atoms with E-state index >= 15 is 0 Å². The lowest BCUT2D eigenvalue weighted by Crippen LogP contribution is -2.28. The molecule has 1 saturated heterocycles. The molecule has 0 aliphatic carbocycles. The highest BCUT2D eigenvalue weighted by atomic mass is 32.1. The molecule has 0 N–H and O–H groups in total. The van der Waals surface area contributed by atoms with Crippen LogP contribution >= 0.6 is 11.3 Å². The molecular formula is C20H22N4O3S. The lowest BCUT2D eigenvalue weighted by molar-refractivity contribution is 0.0790. The van der Waals surface area contributed by atoms with E-state index in [9.17, 15) is 4.79 Å². The summed E-state index contributed by atoms with van der Waals surface area (Å²) in [6.07, 6.45) is 1.64. The molecule has 8 heteroatoms. The Morgan fingerprint density at radius 3 is 2.75 bits per heavy atom. The fourth-order valence-electron chi connectivity index (χ4n) is 3.50. The van der Waals surface area contributed by atoms with Gasteiger partial charge in [0.05, 0.1) is 17.8 Å². The molecular weight excluding hydrogens is 376 g/mol. The maximum Gasteiger partial charge on any atom is 0.265 e. The summed E-state index contributed by atoms with van der Waals surface area (Å²) in [5.41, 5.74) is 1.68. The number of amides is 1. The molecule has 1 unspecified atom stereocenters. The van der Waals surface area contributed by atoms with Crippen LogP contribution in [0.5, 0.6) is 5.75 Å². The highest BCUT2D eigenvalue weighted by Crippen LogP contribution is 2.26. The standard InChI is InChI=1S/C20H22N4O3S/c1-12-18(28-13(2)21-12)20(25)24-9-8-14(11-24)10-17-22-19(27-23-17)15-4-6-16(26-3)7-5-15/h4-7,14H,8-11H2,1-3H3. The Hall–Kier alpha value is -2.74. The largest absolute Gasteiger partial charge is 0.497 e. The molecule has 1 aliphatic heterocycles. The first-order valence-corrected chi connectivity index (χ1v) is 10.1. The number of ether oxygens (including phenoxy) is 1. The van der Waals surface area contributed by atoms with Crippen molar-refractivity contribution in [1.29, 1.82) is 0 Å². The van der Waals surface area contributed by atoms with Crippen LogP contribution in [-0.4, -0.2) is 46.1 Å². The second kappa shape index (κ2) is 7.71. The third kappa shape index (κ3) is 3.77. The second-order valence-electron chi connectivity index (χ2n) is 7.00. The predicted octanol–water partition coefficient (Wildman–Crippen LogP) is 3.52. The van der Waals surface area contributed by atoms with Crippen molar-refractivity contribution in [1.82, 2.24) is 20.0 Å². The van der Waals surface area contributed by atoms with Gasteiger partial charge in [-0.3, -0.25) is 4.79 Å². The number of hydrogen-bond acceptors (Lipinski definition) is 7. The quantitative estimate of drug-likeness (QED) is 0.654. The second-order valence-corrected chi connectivity index (χ2v) is 8.20. The van der Waals surface area contributed by atoms with Gasteiger partial charge in [0.25, 0.3) is 11.8 Å². The van der Waals surface area contributed by atoms with Gasteiger partial charge in [0.2, 0.25) is 0 Å². The molecule has 3 heterocycles. The van der Waals surface area contributed by atoms with Crippen molar-refractivity contribution in [3.05, 3.63) is 45.7 Å². The average Bonchev–Trinajstić information content (AvgIpc) is 3.42. The van der Waals surface area contributed by atoms with Crippen LogP contribution in [0.2, 0.25) is 0 Å². The first kappa shape index (κ1) is 18.6. The van der Waals surface area contributed by atoms with E-state index in [4.69, 9.17) is 9.26 Å².